The van der Waals surface area contributed by atoms with Crippen molar-refractivity contribution in [1.82, 2.24) is 0 Å². The van der Waals surface area contributed by atoms with Crippen LogP contribution in [0.3, 0.4) is 0 Å². The molecule has 0 amide bonds. The van der Waals surface area contributed by atoms with E-state index in [-0.39, 0.29) is 10.8 Å². The van der Waals surface area contributed by atoms with Gasteiger partial charge in [0.05, 0.1) is 5.41 Å². The third kappa shape index (κ3) is 2.24. The molecular weight excluding hydrogens is 380 g/mol. The van der Waals surface area contributed by atoms with Gasteiger partial charge in [0.15, 0.2) is 0 Å². The fourth-order valence-electron chi connectivity index (χ4n) is 5.32. The lowest BCUT2D eigenvalue weighted by Gasteiger charge is -2.40. The fraction of sp³-hybridized carbons (Fsp3) is 0.172. The van der Waals surface area contributed by atoms with Gasteiger partial charge in [-0.05, 0) is 56.5 Å². The highest BCUT2D eigenvalue weighted by atomic mass is 32.2. The van der Waals surface area contributed by atoms with Crippen LogP contribution in [0.5, 0.6) is 0 Å². The molecule has 0 saturated heterocycles. The number of hydrogen-bond donors (Lipinski definition) is 0. The Balaban J connectivity index is 1.81. The summed E-state index contributed by atoms with van der Waals surface area (Å²) < 4.78 is 0. The summed E-state index contributed by atoms with van der Waals surface area (Å²) in [6.07, 6.45) is 0. The van der Waals surface area contributed by atoms with E-state index in [0.717, 1.165) is 0 Å². The van der Waals surface area contributed by atoms with Crippen molar-refractivity contribution in [3.63, 3.8) is 0 Å². The van der Waals surface area contributed by atoms with Crippen LogP contribution < -0.4 is 0 Å². The van der Waals surface area contributed by atoms with Crippen molar-refractivity contribution in [3.8, 4) is 11.1 Å². The van der Waals surface area contributed by atoms with Crippen molar-refractivity contribution in [2.75, 3.05) is 0 Å². The van der Waals surface area contributed by atoms with E-state index < -0.39 is 0 Å². The highest BCUT2D eigenvalue weighted by Gasteiger charge is 2.50. The molecule has 146 valence electrons. The standard InChI is InChI=1S/C29H24S/c1-28(2,3)19-16-17-27-25(18-19)29(24-14-8-9-15-26(24)30-27)22-12-6-4-10-20(22)21-11-5-7-13-23(21)29/h4-18H,1-3H3. The van der Waals surface area contributed by atoms with Gasteiger partial charge in [0.2, 0.25) is 0 Å². The molecule has 0 bridgehead atoms. The molecule has 1 aliphatic carbocycles. The molecule has 0 unspecified atom stereocenters. The lowest BCUT2D eigenvalue weighted by atomic mass is 9.66. The van der Waals surface area contributed by atoms with E-state index in [2.05, 4.69) is 112 Å². The molecule has 30 heavy (non-hydrogen) atoms. The van der Waals surface area contributed by atoms with Crippen molar-refractivity contribution in [3.05, 3.63) is 119 Å². The van der Waals surface area contributed by atoms with E-state index in [1.54, 1.807) is 0 Å². The van der Waals surface area contributed by atoms with Crippen LogP contribution in [-0.2, 0) is 10.8 Å². The number of fused-ring (bicyclic) bond motifs is 9. The highest BCUT2D eigenvalue weighted by molar-refractivity contribution is 7.99. The molecule has 1 heteroatoms. The Morgan fingerprint density at radius 3 is 1.73 bits per heavy atom. The highest BCUT2D eigenvalue weighted by Crippen LogP contribution is 2.62. The second kappa shape index (κ2) is 6.12. The Bertz CT molecular complexity index is 1260. The van der Waals surface area contributed by atoms with Crippen molar-refractivity contribution in [1.29, 1.82) is 0 Å². The number of hydrogen-bond acceptors (Lipinski definition) is 1. The fourth-order valence-corrected chi connectivity index (χ4v) is 6.50. The molecule has 1 spiro atoms. The van der Waals surface area contributed by atoms with Crippen LogP contribution in [0.25, 0.3) is 11.1 Å². The average Bonchev–Trinajstić information content (AvgIpc) is 3.05. The largest absolute Gasteiger partial charge is 0.0894 e. The summed E-state index contributed by atoms with van der Waals surface area (Å²) in [5, 5.41) is 0. The van der Waals surface area contributed by atoms with Gasteiger partial charge >= 0.3 is 0 Å². The van der Waals surface area contributed by atoms with Gasteiger partial charge in [0, 0.05) is 9.79 Å². The maximum Gasteiger partial charge on any atom is 0.0735 e. The van der Waals surface area contributed by atoms with Gasteiger partial charge in [0.25, 0.3) is 0 Å². The summed E-state index contributed by atoms with van der Waals surface area (Å²) in [5.41, 5.74) is 9.62. The molecular formula is C29H24S. The van der Waals surface area contributed by atoms with Crippen LogP contribution in [0, 0.1) is 0 Å². The van der Waals surface area contributed by atoms with E-state index in [1.807, 2.05) is 11.8 Å². The molecule has 0 radical (unpaired) electrons. The maximum atomic E-state index is 2.48. The van der Waals surface area contributed by atoms with Gasteiger partial charge < -0.3 is 0 Å². The van der Waals surface area contributed by atoms with Crippen LogP contribution in [0.4, 0.5) is 0 Å². The minimum Gasteiger partial charge on any atom is -0.0894 e. The summed E-state index contributed by atoms with van der Waals surface area (Å²) in [6, 6.07) is 34.2. The van der Waals surface area contributed by atoms with Gasteiger partial charge in [-0.15, -0.1) is 0 Å². The molecule has 4 aromatic rings. The zero-order valence-corrected chi connectivity index (χ0v) is 18.4. The van der Waals surface area contributed by atoms with Gasteiger partial charge in [-0.25, -0.2) is 0 Å². The molecule has 0 N–H and O–H groups in total. The first kappa shape index (κ1) is 18.0. The van der Waals surface area contributed by atoms with Gasteiger partial charge in [-0.3, -0.25) is 0 Å². The second-order valence-electron chi connectivity index (χ2n) is 9.40. The topological polar surface area (TPSA) is 0 Å². The summed E-state index contributed by atoms with van der Waals surface area (Å²) in [7, 11) is 0. The lowest BCUT2D eigenvalue weighted by molar-refractivity contribution is 0.585. The van der Waals surface area contributed by atoms with Crippen LogP contribution >= 0.6 is 11.8 Å². The third-order valence-electron chi connectivity index (χ3n) is 6.71. The molecule has 0 atom stereocenters. The zero-order chi connectivity index (χ0) is 20.5. The number of benzene rings is 4. The first-order valence-corrected chi connectivity index (χ1v) is 11.4. The molecule has 0 aromatic heterocycles. The summed E-state index contributed by atoms with van der Waals surface area (Å²) >= 11 is 1.91. The monoisotopic (exact) mass is 404 g/mol. The first-order valence-electron chi connectivity index (χ1n) is 10.6. The summed E-state index contributed by atoms with van der Waals surface area (Å²) in [6.45, 7) is 6.92. The summed E-state index contributed by atoms with van der Waals surface area (Å²) in [4.78, 5) is 2.73. The Morgan fingerprint density at radius 1 is 0.567 bits per heavy atom. The molecule has 4 aromatic carbocycles. The van der Waals surface area contributed by atoms with E-state index >= 15 is 0 Å². The second-order valence-corrected chi connectivity index (χ2v) is 10.5. The van der Waals surface area contributed by atoms with E-state index in [1.165, 1.54) is 48.7 Å². The van der Waals surface area contributed by atoms with Gasteiger partial charge in [-0.1, -0.05) is 111 Å². The molecule has 0 saturated carbocycles. The minimum absolute atomic E-state index is 0.107. The van der Waals surface area contributed by atoms with Crippen molar-refractivity contribution in [2.45, 2.75) is 41.4 Å². The van der Waals surface area contributed by atoms with E-state index in [4.69, 9.17) is 0 Å². The molecule has 0 fully saturated rings. The predicted molar refractivity (Wildman–Crippen MR) is 127 cm³/mol. The molecule has 0 nitrogen and oxygen atoms in total. The normalized spacial score (nSPS) is 15.3. The molecule has 2 aliphatic rings. The SMILES string of the molecule is CC(C)(C)c1ccc2c(c1)C1(c3ccccc3S2)c2ccccc2-c2ccccc21. The van der Waals surface area contributed by atoms with Crippen molar-refractivity contribution in [2.24, 2.45) is 0 Å². The lowest BCUT2D eigenvalue weighted by Crippen LogP contribution is -2.32. The predicted octanol–water partition coefficient (Wildman–Crippen LogP) is 7.81. The Labute approximate surface area is 183 Å². The first-order chi connectivity index (χ1) is 14.5. The van der Waals surface area contributed by atoms with Gasteiger partial charge in [-0.2, -0.15) is 0 Å². The average molecular weight is 405 g/mol. The minimum atomic E-state index is -0.258. The zero-order valence-electron chi connectivity index (χ0n) is 17.6. The Hall–Kier alpha value is -2.77. The summed E-state index contributed by atoms with van der Waals surface area (Å²) in [5.74, 6) is 0. The molecule has 1 aliphatic heterocycles. The quantitative estimate of drug-likeness (QED) is 0.249. The smallest absolute Gasteiger partial charge is 0.0735 e. The van der Waals surface area contributed by atoms with Gasteiger partial charge in [0.1, 0.15) is 0 Å². The van der Waals surface area contributed by atoms with E-state index in [9.17, 15) is 0 Å². The molecule has 1 heterocycles. The van der Waals surface area contributed by atoms with Crippen LogP contribution in [0.2, 0.25) is 0 Å². The number of rotatable bonds is 0. The van der Waals surface area contributed by atoms with Crippen molar-refractivity contribution >= 4 is 11.8 Å². The Kier molecular flexibility index (Phi) is 3.68. The Morgan fingerprint density at radius 2 is 1.10 bits per heavy atom. The molecule has 6 rings (SSSR count). The van der Waals surface area contributed by atoms with Crippen molar-refractivity contribution < 1.29 is 0 Å². The maximum absolute atomic E-state index is 2.48. The van der Waals surface area contributed by atoms with Crippen LogP contribution in [0.15, 0.2) is 101 Å². The van der Waals surface area contributed by atoms with Crippen LogP contribution in [-0.4, -0.2) is 0 Å². The van der Waals surface area contributed by atoms with E-state index in [0.29, 0.717) is 0 Å². The third-order valence-corrected chi connectivity index (χ3v) is 7.86. The van der Waals surface area contributed by atoms with Crippen LogP contribution in [0.1, 0.15) is 48.6 Å².